The Hall–Kier alpha value is -1.47. The van der Waals surface area contributed by atoms with E-state index >= 15 is 0 Å². The smallest absolute Gasteiger partial charge is 0.227 e. The van der Waals surface area contributed by atoms with E-state index in [4.69, 9.17) is 0 Å². The molecule has 0 spiro atoms. The summed E-state index contributed by atoms with van der Waals surface area (Å²) in [5.41, 5.74) is 0. The summed E-state index contributed by atoms with van der Waals surface area (Å²) in [4.78, 5) is 12.3. The summed E-state index contributed by atoms with van der Waals surface area (Å²) in [6, 6.07) is 6.55. The van der Waals surface area contributed by atoms with Crippen LogP contribution in [0.1, 0.15) is 24.8 Å². The fraction of sp³-hybridized carbons (Fsp3) is 0.357. The lowest BCUT2D eigenvalue weighted by Gasteiger charge is -2.03. The maximum absolute atomic E-state index is 13.4. The first-order valence-electron chi connectivity index (χ1n) is 6.68. The summed E-state index contributed by atoms with van der Waals surface area (Å²) in [6.45, 7) is 2.07. The van der Waals surface area contributed by atoms with Crippen molar-refractivity contribution in [3.8, 4) is 0 Å². The molecule has 2 rings (SSSR count). The molecule has 112 valence electrons. The number of anilines is 1. The summed E-state index contributed by atoms with van der Waals surface area (Å²) in [7, 11) is 0. The highest BCUT2D eigenvalue weighted by Crippen LogP contribution is 2.22. The van der Waals surface area contributed by atoms with Gasteiger partial charge in [0.2, 0.25) is 11.0 Å². The van der Waals surface area contributed by atoms with Gasteiger partial charge >= 0.3 is 0 Å². The SMILES string of the molecule is CCCc1nnc(NC(=O)CCSc2ccccc2F)s1. The first-order chi connectivity index (χ1) is 10.2. The highest BCUT2D eigenvalue weighted by atomic mass is 32.2. The second-order valence-electron chi connectivity index (χ2n) is 4.33. The lowest BCUT2D eigenvalue weighted by molar-refractivity contribution is -0.115. The molecule has 0 aliphatic heterocycles. The number of benzene rings is 1. The van der Waals surface area contributed by atoms with Crippen molar-refractivity contribution in [1.29, 1.82) is 0 Å². The minimum absolute atomic E-state index is 0.127. The van der Waals surface area contributed by atoms with Gasteiger partial charge < -0.3 is 5.32 Å². The number of hydrogen-bond donors (Lipinski definition) is 1. The molecule has 0 radical (unpaired) electrons. The van der Waals surface area contributed by atoms with Gasteiger partial charge in [0.15, 0.2) is 0 Å². The number of halogens is 1. The predicted octanol–water partition coefficient (Wildman–Crippen LogP) is 3.75. The van der Waals surface area contributed by atoms with E-state index in [2.05, 4.69) is 22.4 Å². The number of rotatable bonds is 7. The van der Waals surface area contributed by atoms with Crippen LogP contribution in [0.5, 0.6) is 0 Å². The molecule has 4 nitrogen and oxygen atoms in total. The average Bonchev–Trinajstić information content (AvgIpc) is 2.88. The maximum atomic E-state index is 13.4. The minimum Gasteiger partial charge on any atom is -0.301 e. The van der Waals surface area contributed by atoms with Crippen molar-refractivity contribution in [2.24, 2.45) is 0 Å². The van der Waals surface area contributed by atoms with E-state index in [9.17, 15) is 9.18 Å². The molecule has 0 atom stereocenters. The number of nitrogens with zero attached hydrogens (tertiary/aromatic N) is 2. The van der Waals surface area contributed by atoms with Crippen molar-refractivity contribution < 1.29 is 9.18 Å². The Kier molecular flexibility index (Phi) is 6.13. The van der Waals surface area contributed by atoms with Gasteiger partial charge in [-0.2, -0.15) is 0 Å². The molecule has 0 fully saturated rings. The van der Waals surface area contributed by atoms with Crippen molar-refractivity contribution in [3.05, 3.63) is 35.1 Å². The van der Waals surface area contributed by atoms with Crippen molar-refractivity contribution in [1.82, 2.24) is 10.2 Å². The van der Waals surface area contributed by atoms with Crippen molar-refractivity contribution in [3.63, 3.8) is 0 Å². The highest BCUT2D eigenvalue weighted by molar-refractivity contribution is 7.99. The van der Waals surface area contributed by atoms with Crippen LogP contribution in [-0.2, 0) is 11.2 Å². The van der Waals surface area contributed by atoms with Gasteiger partial charge in [-0.15, -0.1) is 22.0 Å². The monoisotopic (exact) mass is 325 g/mol. The standard InChI is InChI=1S/C14H16FN3OS2/c1-2-5-13-17-18-14(21-13)16-12(19)8-9-20-11-7-4-3-6-10(11)15/h3-4,6-7H,2,5,8-9H2,1H3,(H,16,18,19). The van der Waals surface area contributed by atoms with Crippen LogP contribution in [0.25, 0.3) is 0 Å². The number of amides is 1. The number of carbonyl (C=O) groups excluding carboxylic acids is 1. The van der Waals surface area contributed by atoms with E-state index in [0.29, 0.717) is 22.2 Å². The van der Waals surface area contributed by atoms with Crippen molar-refractivity contribution >= 4 is 34.1 Å². The quantitative estimate of drug-likeness (QED) is 0.788. The molecular formula is C14H16FN3OS2. The lowest BCUT2D eigenvalue weighted by atomic mass is 10.3. The van der Waals surface area contributed by atoms with E-state index in [1.807, 2.05) is 0 Å². The Labute approximate surface area is 131 Å². The summed E-state index contributed by atoms with van der Waals surface area (Å²) in [5.74, 6) is 0.141. The number of nitrogens with one attached hydrogen (secondary N) is 1. The van der Waals surface area contributed by atoms with Crippen LogP contribution in [0.4, 0.5) is 9.52 Å². The van der Waals surface area contributed by atoms with Crippen LogP contribution in [-0.4, -0.2) is 21.9 Å². The van der Waals surface area contributed by atoms with Crippen LogP contribution < -0.4 is 5.32 Å². The van der Waals surface area contributed by atoms with Crippen LogP contribution in [0, 0.1) is 5.82 Å². The molecule has 0 saturated carbocycles. The molecule has 0 unspecified atom stereocenters. The Balaban J connectivity index is 1.75. The number of hydrogen-bond acceptors (Lipinski definition) is 5. The molecule has 0 saturated heterocycles. The fourth-order valence-electron chi connectivity index (χ4n) is 1.62. The molecule has 1 heterocycles. The van der Waals surface area contributed by atoms with Gasteiger partial charge in [0.05, 0.1) is 0 Å². The summed E-state index contributed by atoms with van der Waals surface area (Å²) >= 11 is 2.73. The summed E-state index contributed by atoms with van der Waals surface area (Å²) in [5, 5.41) is 12.1. The summed E-state index contributed by atoms with van der Waals surface area (Å²) < 4.78 is 13.4. The van der Waals surface area contributed by atoms with Gasteiger partial charge in [0.1, 0.15) is 10.8 Å². The van der Waals surface area contributed by atoms with Crippen LogP contribution >= 0.6 is 23.1 Å². The molecule has 0 aliphatic carbocycles. The van der Waals surface area contributed by atoms with E-state index in [1.165, 1.54) is 29.2 Å². The molecule has 1 N–H and O–H groups in total. The third-order valence-corrected chi connectivity index (χ3v) is 4.55. The zero-order valence-corrected chi connectivity index (χ0v) is 13.3. The van der Waals surface area contributed by atoms with E-state index in [-0.39, 0.29) is 11.7 Å². The fourth-order valence-corrected chi connectivity index (χ4v) is 3.36. The van der Waals surface area contributed by atoms with Crippen LogP contribution in [0.3, 0.4) is 0 Å². The number of carbonyl (C=O) groups is 1. The van der Waals surface area contributed by atoms with Crippen LogP contribution in [0.15, 0.2) is 29.2 Å². The van der Waals surface area contributed by atoms with E-state index in [0.717, 1.165) is 17.8 Å². The Morgan fingerprint density at radius 3 is 2.95 bits per heavy atom. The lowest BCUT2D eigenvalue weighted by Crippen LogP contribution is -2.12. The zero-order chi connectivity index (χ0) is 15.1. The molecule has 21 heavy (non-hydrogen) atoms. The number of aryl methyl sites for hydroxylation is 1. The summed E-state index contributed by atoms with van der Waals surface area (Å²) in [6.07, 6.45) is 2.18. The normalized spacial score (nSPS) is 10.6. The van der Waals surface area contributed by atoms with Crippen molar-refractivity contribution in [2.45, 2.75) is 31.1 Å². The first kappa shape index (κ1) is 15.9. The maximum Gasteiger partial charge on any atom is 0.227 e. The van der Waals surface area contributed by atoms with Crippen LogP contribution in [0.2, 0.25) is 0 Å². The average molecular weight is 325 g/mol. The topological polar surface area (TPSA) is 54.9 Å². The molecule has 1 aromatic carbocycles. The van der Waals surface area contributed by atoms with E-state index in [1.54, 1.807) is 18.2 Å². The Morgan fingerprint density at radius 1 is 1.38 bits per heavy atom. The molecule has 0 aliphatic rings. The molecule has 2 aromatic rings. The molecule has 1 amide bonds. The van der Waals surface area contributed by atoms with Gasteiger partial charge in [-0.25, -0.2) is 4.39 Å². The third-order valence-electron chi connectivity index (χ3n) is 2.60. The molecule has 1 aromatic heterocycles. The van der Waals surface area contributed by atoms with E-state index < -0.39 is 0 Å². The number of thioether (sulfide) groups is 1. The van der Waals surface area contributed by atoms with Crippen molar-refractivity contribution in [2.75, 3.05) is 11.1 Å². The minimum atomic E-state index is -0.253. The zero-order valence-electron chi connectivity index (χ0n) is 11.6. The molecular weight excluding hydrogens is 309 g/mol. The predicted molar refractivity (Wildman–Crippen MR) is 84.3 cm³/mol. The Bertz CT molecular complexity index is 603. The van der Waals surface area contributed by atoms with Gasteiger partial charge in [0, 0.05) is 23.5 Å². The second kappa shape index (κ2) is 8.09. The van der Waals surface area contributed by atoms with Gasteiger partial charge in [-0.1, -0.05) is 30.4 Å². The number of aromatic nitrogens is 2. The first-order valence-corrected chi connectivity index (χ1v) is 8.49. The largest absolute Gasteiger partial charge is 0.301 e. The second-order valence-corrected chi connectivity index (χ2v) is 6.53. The van der Waals surface area contributed by atoms with Gasteiger partial charge in [-0.05, 0) is 18.6 Å². The third kappa shape index (κ3) is 5.09. The highest BCUT2D eigenvalue weighted by Gasteiger charge is 2.08. The van der Waals surface area contributed by atoms with Gasteiger partial charge in [-0.3, -0.25) is 4.79 Å². The molecule has 0 bridgehead atoms. The Morgan fingerprint density at radius 2 is 2.19 bits per heavy atom. The van der Waals surface area contributed by atoms with Gasteiger partial charge in [0.25, 0.3) is 0 Å². The molecule has 7 heteroatoms.